The first-order chi connectivity index (χ1) is 11.8. The average Bonchev–Trinajstić information content (AvgIpc) is 2.94. The van der Waals surface area contributed by atoms with Crippen LogP contribution in [0.3, 0.4) is 0 Å². The highest BCUT2D eigenvalue weighted by molar-refractivity contribution is 14.1. The molecular weight excluding hydrogens is 459 g/mol. The number of halogens is 2. The van der Waals surface area contributed by atoms with E-state index in [1.54, 1.807) is 12.4 Å². The summed E-state index contributed by atoms with van der Waals surface area (Å²) in [6.07, 6.45) is 5.15. The van der Waals surface area contributed by atoms with Gasteiger partial charge in [0.25, 0.3) is 0 Å². The van der Waals surface area contributed by atoms with E-state index in [0.717, 1.165) is 0 Å². The Hall–Kier alpha value is -1.88. The quantitative estimate of drug-likeness (QED) is 0.327. The van der Waals surface area contributed by atoms with Crippen molar-refractivity contribution >= 4 is 51.3 Å². The predicted molar refractivity (Wildman–Crippen MR) is 99.7 cm³/mol. The van der Waals surface area contributed by atoms with Crippen LogP contribution < -0.4 is 4.84 Å². The van der Waals surface area contributed by atoms with E-state index < -0.39 is 11.4 Å². The number of imidazole rings is 1. The molecule has 3 aromatic rings. The molecule has 0 unspecified atom stereocenters. The molecule has 0 aliphatic rings. The van der Waals surface area contributed by atoms with Crippen molar-refractivity contribution in [2.75, 3.05) is 0 Å². The molecule has 0 N–H and O–H groups in total. The van der Waals surface area contributed by atoms with Gasteiger partial charge in [-0.25, -0.2) is 24.7 Å². The van der Waals surface area contributed by atoms with Gasteiger partial charge in [-0.1, -0.05) is 18.5 Å². The van der Waals surface area contributed by atoms with Gasteiger partial charge in [0, 0.05) is 35.0 Å². The maximum atomic E-state index is 12.6. The predicted octanol–water partition coefficient (Wildman–Crippen LogP) is 2.93. The van der Waals surface area contributed by atoms with Gasteiger partial charge < -0.3 is 4.84 Å². The zero-order valence-corrected chi connectivity index (χ0v) is 16.6. The third kappa shape index (κ3) is 3.43. The van der Waals surface area contributed by atoms with E-state index in [4.69, 9.17) is 16.4 Å². The Kier molecular flexibility index (Phi) is 4.87. The van der Waals surface area contributed by atoms with Crippen LogP contribution in [0.4, 0.5) is 0 Å². The van der Waals surface area contributed by atoms with Crippen molar-refractivity contribution in [2.24, 2.45) is 5.41 Å². The van der Waals surface area contributed by atoms with E-state index in [1.807, 2.05) is 43.4 Å². The summed E-state index contributed by atoms with van der Waals surface area (Å²) < 4.78 is 1.68. The van der Waals surface area contributed by atoms with E-state index in [-0.39, 0.29) is 5.15 Å². The molecule has 3 heterocycles. The van der Waals surface area contributed by atoms with Crippen LogP contribution in [0, 0.1) is 9.25 Å². The number of fused-ring (bicyclic) bond motifs is 1. The summed E-state index contributed by atoms with van der Waals surface area (Å²) in [4.78, 5) is 39.0. The lowest BCUT2D eigenvalue weighted by molar-refractivity contribution is -0.153. The lowest BCUT2D eigenvalue weighted by Crippen LogP contribution is -2.33. The first-order valence-corrected chi connectivity index (χ1v) is 8.89. The molecule has 0 radical (unpaired) electrons. The number of nitrogens with zero attached hydrogens (tertiary/aromatic N) is 6. The number of aromatic nitrogens is 6. The molecule has 8 nitrogen and oxygen atoms in total. The molecule has 130 valence electrons. The average molecular weight is 473 g/mol. The molecule has 3 rings (SSSR count). The van der Waals surface area contributed by atoms with Crippen LogP contribution in [0.15, 0.2) is 18.7 Å². The summed E-state index contributed by atoms with van der Waals surface area (Å²) >= 11 is 8.12. The second-order valence-electron chi connectivity index (χ2n) is 5.93. The fourth-order valence-electron chi connectivity index (χ4n) is 1.91. The molecule has 0 saturated carbocycles. The standard InChI is InChI=1S/C15H14ClIN6O2/c1-4-15(2,3)13(24)25-23-11(8-5-18-7-19-6-8)20-9-10(16)21-14(17)22-12(9)23/h5-7H,4H2,1-3H3. The van der Waals surface area contributed by atoms with E-state index in [1.165, 1.54) is 11.1 Å². The van der Waals surface area contributed by atoms with Gasteiger partial charge in [-0.15, -0.1) is 4.73 Å². The first kappa shape index (κ1) is 17.9. The van der Waals surface area contributed by atoms with Gasteiger partial charge in [0.2, 0.25) is 5.65 Å². The molecule has 0 spiro atoms. The molecule has 0 atom stereocenters. The summed E-state index contributed by atoms with van der Waals surface area (Å²) in [5, 5.41) is 0.178. The number of carbonyl (C=O) groups is 1. The van der Waals surface area contributed by atoms with Crippen LogP contribution in [0.25, 0.3) is 22.6 Å². The monoisotopic (exact) mass is 472 g/mol. The van der Waals surface area contributed by atoms with Crippen LogP contribution in [0.1, 0.15) is 27.2 Å². The van der Waals surface area contributed by atoms with Crippen LogP contribution >= 0.6 is 34.2 Å². The van der Waals surface area contributed by atoms with Gasteiger partial charge >= 0.3 is 5.97 Å². The van der Waals surface area contributed by atoms with Crippen molar-refractivity contribution in [1.82, 2.24) is 29.7 Å². The van der Waals surface area contributed by atoms with Crippen LogP contribution in [-0.4, -0.2) is 35.6 Å². The molecule has 3 aromatic heterocycles. The SMILES string of the molecule is CCC(C)(C)C(=O)On1c(-c2cncnc2)nc2c(Cl)nc(I)nc21. The summed E-state index contributed by atoms with van der Waals surface area (Å²) in [5.74, 6) is -0.0776. The number of rotatable bonds is 4. The third-order valence-electron chi connectivity index (χ3n) is 3.83. The highest BCUT2D eigenvalue weighted by atomic mass is 127. The number of hydrogen-bond donors (Lipinski definition) is 0. The Morgan fingerprint density at radius 3 is 2.60 bits per heavy atom. The van der Waals surface area contributed by atoms with Crippen molar-refractivity contribution in [3.8, 4) is 11.4 Å². The van der Waals surface area contributed by atoms with Crippen LogP contribution in [0.2, 0.25) is 5.15 Å². The van der Waals surface area contributed by atoms with Crippen molar-refractivity contribution in [3.63, 3.8) is 0 Å². The molecule has 0 bridgehead atoms. The molecule has 0 fully saturated rings. The Labute approximate surface area is 162 Å². The number of hydrogen-bond acceptors (Lipinski definition) is 7. The number of carbonyl (C=O) groups excluding carboxylic acids is 1. The normalized spacial score (nSPS) is 11.7. The topological polar surface area (TPSA) is 95.7 Å². The Balaban J connectivity index is 2.22. The van der Waals surface area contributed by atoms with Gasteiger partial charge in [-0.2, -0.15) is 4.98 Å². The summed E-state index contributed by atoms with van der Waals surface area (Å²) in [5.41, 5.74) is 0.547. The van der Waals surface area contributed by atoms with E-state index in [9.17, 15) is 4.79 Å². The van der Waals surface area contributed by atoms with Gasteiger partial charge in [0.05, 0.1) is 11.0 Å². The van der Waals surface area contributed by atoms with Crippen molar-refractivity contribution in [2.45, 2.75) is 27.2 Å². The highest BCUT2D eigenvalue weighted by Crippen LogP contribution is 2.28. The Morgan fingerprint density at radius 2 is 1.96 bits per heavy atom. The zero-order chi connectivity index (χ0) is 18.2. The lowest BCUT2D eigenvalue weighted by atomic mass is 9.91. The minimum Gasteiger partial charge on any atom is -0.332 e. The van der Waals surface area contributed by atoms with Crippen LogP contribution in [-0.2, 0) is 4.79 Å². The molecule has 0 amide bonds. The molecule has 10 heteroatoms. The lowest BCUT2D eigenvalue weighted by Gasteiger charge is -2.20. The fraction of sp³-hybridized carbons (Fsp3) is 0.333. The van der Waals surface area contributed by atoms with E-state index in [2.05, 4.69) is 24.9 Å². The molecule has 0 saturated heterocycles. The third-order valence-corrected chi connectivity index (χ3v) is 4.57. The molecule has 0 aliphatic heterocycles. The maximum absolute atomic E-state index is 12.6. The summed E-state index contributed by atoms with van der Waals surface area (Å²) in [7, 11) is 0. The Bertz CT molecular complexity index is 944. The second-order valence-corrected chi connectivity index (χ2v) is 7.25. The minimum atomic E-state index is -0.662. The van der Waals surface area contributed by atoms with Gasteiger partial charge in [0.1, 0.15) is 11.8 Å². The molecular formula is C15H14ClIN6O2. The van der Waals surface area contributed by atoms with E-state index >= 15 is 0 Å². The zero-order valence-electron chi connectivity index (χ0n) is 13.7. The molecule has 0 aromatic carbocycles. The minimum absolute atomic E-state index is 0.178. The smallest absolute Gasteiger partial charge is 0.332 e. The van der Waals surface area contributed by atoms with Crippen molar-refractivity contribution < 1.29 is 9.63 Å². The van der Waals surface area contributed by atoms with Gasteiger partial charge in [-0.3, -0.25) is 0 Å². The first-order valence-electron chi connectivity index (χ1n) is 7.43. The molecule has 25 heavy (non-hydrogen) atoms. The van der Waals surface area contributed by atoms with Gasteiger partial charge in [-0.05, 0) is 20.3 Å². The molecule has 0 aliphatic carbocycles. The van der Waals surface area contributed by atoms with E-state index in [0.29, 0.717) is 32.8 Å². The van der Waals surface area contributed by atoms with Crippen molar-refractivity contribution in [1.29, 1.82) is 0 Å². The Morgan fingerprint density at radius 1 is 1.28 bits per heavy atom. The summed E-state index contributed by atoms with van der Waals surface area (Å²) in [6.45, 7) is 5.54. The highest BCUT2D eigenvalue weighted by Gasteiger charge is 2.30. The maximum Gasteiger partial charge on any atom is 0.338 e. The fourth-order valence-corrected chi connectivity index (χ4v) is 2.73. The van der Waals surface area contributed by atoms with Crippen LogP contribution in [0.5, 0.6) is 0 Å². The van der Waals surface area contributed by atoms with Gasteiger partial charge in [0.15, 0.2) is 14.8 Å². The summed E-state index contributed by atoms with van der Waals surface area (Å²) in [6, 6.07) is 0. The van der Waals surface area contributed by atoms with Crippen molar-refractivity contribution in [3.05, 3.63) is 27.7 Å². The second kappa shape index (κ2) is 6.79. The largest absolute Gasteiger partial charge is 0.338 e.